The summed E-state index contributed by atoms with van der Waals surface area (Å²) in [4.78, 5) is 11.8. The van der Waals surface area contributed by atoms with E-state index in [1.165, 1.54) is 0 Å². The molecule has 0 unspecified atom stereocenters. The minimum absolute atomic E-state index is 0.0925. The van der Waals surface area contributed by atoms with E-state index < -0.39 is 11.7 Å². The van der Waals surface area contributed by atoms with E-state index in [1.54, 1.807) is 0 Å². The number of carbonyl (C=O) groups excluding carboxylic acids is 1. The van der Waals surface area contributed by atoms with Gasteiger partial charge in [-0.25, -0.2) is 0 Å². The van der Waals surface area contributed by atoms with Crippen LogP contribution in [0.25, 0.3) is 0 Å². The molecule has 0 aromatic rings. The Balaban J connectivity index is 1.96. The van der Waals surface area contributed by atoms with Crippen molar-refractivity contribution in [1.82, 2.24) is 0 Å². The average Bonchev–Trinajstić information content (AvgIpc) is 2.49. The molecule has 3 aliphatic heterocycles. The molecule has 0 amide bonds. The van der Waals surface area contributed by atoms with Crippen molar-refractivity contribution in [3.63, 3.8) is 0 Å². The van der Waals surface area contributed by atoms with Crippen LogP contribution in [0.1, 0.15) is 46.5 Å². The number of esters is 1. The van der Waals surface area contributed by atoms with Crippen LogP contribution < -0.4 is 0 Å². The molecule has 108 valence electrons. The molecule has 0 aliphatic carbocycles. The van der Waals surface area contributed by atoms with Crippen LogP contribution in [-0.2, 0) is 14.3 Å². The Morgan fingerprint density at radius 1 is 1.37 bits per heavy atom. The fourth-order valence-corrected chi connectivity index (χ4v) is 4.02. The summed E-state index contributed by atoms with van der Waals surface area (Å²) in [7, 11) is 0. The van der Waals surface area contributed by atoms with Crippen molar-refractivity contribution in [3.8, 4) is 0 Å². The molecule has 2 bridgehead atoms. The lowest BCUT2D eigenvalue weighted by atomic mass is 9.78. The molecule has 4 nitrogen and oxygen atoms in total. The molecule has 3 saturated heterocycles. The smallest absolute Gasteiger partial charge is 0.309 e. The second kappa shape index (κ2) is 4.45. The Hall–Kier alpha value is -0.610. The predicted molar refractivity (Wildman–Crippen MR) is 69.5 cm³/mol. The fourth-order valence-electron chi connectivity index (χ4n) is 4.02. The Labute approximate surface area is 114 Å². The number of aliphatic hydroxyl groups excluding tert-OH is 1. The molecule has 0 spiro atoms. The van der Waals surface area contributed by atoms with Gasteiger partial charge in [0.1, 0.15) is 12.2 Å². The molecule has 3 rings (SSSR count). The van der Waals surface area contributed by atoms with Crippen LogP contribution in [0.2, 0.25) is 0 Å². The van der Waals surface area contributed by atoms with Gasteiger partial charge in [-0.05, 0) is 32.1 Å². The third-order valence-corrected chi connectivity index (χ3v) is 5.52. The van der Waals surface area contributed by atoms with E-state index >= 15 is 0 Å². The molecule has 3 aliphatic rings. The summed E-state index contributed by atoms with van der Waals surface area (Å²) in [6, 6.07) is 0. The van der Waals surface area contributed by atoms with Gasteiger partial charge in [-0.15, -0.1) is 0 Å². The highest BCUT2D eigenvalue weighted by Crippen LogP contribution is 2.46. The minimum Gasteiger partial charge on any atom is -0.459 e. The van der Waals surface area contributed by atoms with Gasteiger partial charge in [-0.3, -0.25) is 4.79 Å². The van der Waals surface area contributed by atoms with Crippen molar-refractivity contribution in [2.75, 3.05) is 0 Å². The molecule has 0 radical (unpaired) electrons. The summed E-state index contributed by atoms with van der Waals surface area (Å²) in [6.45, 7) is 6.10. The second-order valence-corrected chi connectivity index (χ2v) is 6.87. The van der Waals surface area contributed by atoms with Gasteiger partial charge >= 0.3 is 5.97 Å². The van der Waals surface area contributed by atoms with Gasteiger partial charge in [0.15, 0.2) is 0 Å². The van der Waals surface area contributed by atoms with E-state index in [9.17, 15) is 9.90 Å². The van der Waals surface area contributed by atoms with Crippen LogP contribution >= 0.6 is 0 Å². The molecular weight excluding hydrogens is 244 g/mol. The topological polar surface area (TPSA) is 55.8 Å². The average molecular weight is 268 g/mol. The highest BCUT2D eigenvalue weighted by molar-refractivity contribution is 5.75. The fraction of sp³-hybridized carbons (Fsp3) is 0.933. The van der Waals surface area contributed by atoms with Gasteiger partial charge in [0, 0.05) is 5.92 Å². The standard InChI is InChI=1S/C15H24O4/c1-8-5-4-6-15(3)13(16)12-10(7-11(8)19-15)9(2)14(17)18-12/h8-13,16H,4-7H2,1-3H3/t8-,9-,10-,11-,12+,13-,15-/m1/s1. The monoisotopic (exact) mass is 268 g/mol. The highest BCUT2D eigenvalue weighted by atomic mass is 16.6. The number of aliphatic hydroxyl groups is 1. The minimum atomic E-state index is -0.707. The van der Waals surface area contributed by atoms with Crippen LogP contribution in [0.5, 0.6) is 0 Å². The van der Waals surface area contributed by atoms with Gasteiger partial charge < -0.3 is 14.6 Å². The Bertz CT molecular complexity index is 382. The number of ether oxygens (including phenoxy) is 2. The first-order valence-corrected chi connectivity index (χ1v) is 7.49. The molecule has 19 heavy (non-hydrogen) atoms. The van der Waals surface area contributed by atoms with Crippen molar-refractivity contribution in [3.05, 3.63) is 0 Å². The second-order valence-electron chi connectivity index (χ2n) is 6.87. The lowest BCUT2D eigenvalue weighted by Gasteiger charge is -2.36. The first kappa shape index (κ1) is 13.4. The third-order valence-electron chi connectivity index (χ3n) is 5.52. The normalized spacial score (nSPS) is 54.0. The summed E-state index contributed by atoms with van der Waals surface area (Å²) < 4.78 is 11.7. The number of fused-ring (bicyclic) bond motifs is 3. The summed E-state index contributed by atoms with van der Waals surface area (Å²) in [5.74, 6) is 0.286. The molecule has 3 heterocycles. The molecule has 0 aromatic heterocycles. The van der Waals surface area contributed by atoms with Gasteiger partial charge in [0.25, 0.3) is 0 Å². The maximum atomic E-state index is 11.8. The van der Waals surface area contributed by atoms with Crippen LogP contribution in [-0.4, -0.2) is 35.0 Å². The number of rotatable bonds is 0. The number of hydrogen-bond acceptors (Lipinski definition) is 4. The Morgan fingerprint density at radius 2 is 2.11 bits per heavy atom. The summed E-state index contributed by atoms with van der Waals surface area (Å²) in [6.07, 6.45) is 2.90. The summed E-state index contributed by atoms with van der Waals surface area (Å²) >= 11 is 0. The molecule has 0 aromatic carbocycles. The molecule has 1 N–H and O–H groups in total. The molecular formula is C15H24O4. The van der Waals surface area contributed by atoms with E-state index in [1.807, 2.05) is 13.8 Å². The van der Waals surface area contributed by atoms with Crippen molar-refractivity contribution >= 4 is 5.97 Å². The largest absolute Gasteiger partial charge is 0.459 e. The zero-order valence-corrected chi connectivity index (χ0v) is 12.0. The highest BCUT2D eigenvalue weighted by Gasteiger charge is 2.56. The van der Waals surface area contributed by atoms with Crippen LogP contribution in [0.15, 0.2) is 0 Å². The molecule has 4 heteroatoms. The zero-order valence-electron chi connectivity index (χ0n) is 12.0. The van der Waals surface area contributed by atoms with Gasteiger partial charge in [-0.2, -0.15) is 0 Å². The maximum absolute atomic E-state index is 11.8. The van der Waals surface area contributed by atoms with Crippen LogP contribution in [0.3, 0.4) is 0 Å². The van der Waals surface area contributed by atoms with Crippen LogP contribution in [0.4, 0.5) is 0 Å². The molecule has 0 saturated carbocycles. The zero-order chi connectivity index (χ0) is 13.8. The van der Waals surface area contributed by atoms with E-state index in [4.69, 9.17) is 9.47 Å². The first-order chi connectivity index (χ1) is 8.92. The maximum Gasteiger partial charge on any atom is 0.309 e. The van der Waals surface area contributed by atoms with Crippen molar-refractivity contribution in [1.29, 1.82) is 0 Å². The van der Waals surface area contributed by atoms with Crippen molar-refractivity contribution in [2.45, 2.75) is 70.4 Å². The molecule has 3 fully saturated rings. The first-order valence-electron chi connectivity index (χ1n) is 7.49. The third kappa shape index (κ3) is 2.00. The van der Waals surface area contributed by atoms with Gasteiger partial charge in [-0.1, -0.05) is 20.3 Å². The SMILES string of the molecule is C[C@@H]1CCC[C@@]2(C)O[C@@H]1C[C@H]1[C@H](OC(=O)[C@@H]1C)[C@H]2O. The summed E-state index contributed by atoms with van der Waals surface area (Å²) in [5.41, 5.74) is -0.570. The van der Waals surface area contributed by atoms with Crippen molar-refractivity contribution in [2.24, 2.45) is 17.8 Å². The van der Waals surface area contributed by atoms with E-state index in [-0.39, 0.29) is 30.0 Å². The Kier molecular flexibility index (Phi) is 3.13. The Morgan fingerprint density at radius 3 is 2.84 bits per heavy atom. The van der Waals surface area contributed by atoms with Gasteiger partial charge in [0.05, 0.1) is 17.6 Å². The van der Waals surface area contributed by atoms with E-state index in [0.717, 1.165) is 25.7 Å². The number of carbonyl (C=O) groups is 1. The summed E-state index contributed by atoms with van der Waals surface area (Å²) in [5, 5.41) is 10.7. The van der Waals surface area contributed by atoms with E-state index in [2.05, 4.69) is 6.92 Å². The lowest BCUT2D eigenvalue weighted by Crippen LogP contribution is -2.49. The predicted octanol–water partition coefficient (Wildman–Crippen LogP) is 1.89. The van der Waals surface area contributed by atoms with E-state index in [0.29, 0.717) is 5.92 Å². The molecule has 7 atom stereocenters. The lowest BCUT2D eigenvalue weighted by molar-refractivity contribution is -0.174. The van der Waals surface area contributed by atoms with Crippen molar-refractivity contribution < 1.29 is 19.4 Å². The quantitative estimate of drug-likeness (QED) is 0.682. The van der Waals surface area contributed by atoms with Crippen LogP contribution in [0, 0.1) is 17.8 Å². The van der Waals surface area contributed by atoms with Gasteiger partial charge in [0.2, 0.25) is 0 Å². The number of hydrogen-bond donors (Lipinski definition) is 1.